The number of halogens is 3. The second kappa shape index (κ2) is 6.48. The van der Waals surface area contributed by atoms with E-state index in [1.807, 2.05) is 6.92 Å². The summed E-state index contributed by atoms with van der Waals surface area (Å²) in [6, 6.07) is 1.56. The summed E-state index contributed by atoms with van der Waals surface area (Å²) in [5.41, 5.74) is -0.0899. The number of piperidine rings is 1. The molecular formula is C15H21F3N2. The van der Waals surface area contributed by atoms with Crippen molar-refractivity contribution in [3.05, 3.63) is 29.6 Å². The van der Waals surface area contributed by atoms with Crippen LogP contribution in [0, 0.1) is 23.4 Å². The molecule has 1 atom stereocenters. The molecule has 0 spiro atoms. The van der Waals surface area contributed by atoms with Crippen LogP contribution in [0.25, 0.3) is 0 Å². The van der Waals surface area contributed by atoms with Crippen LogP contribution in [0.15, 0.2) is 12.1 Å². The van der Waals surface area contributed by atoms with Gasteiger partial charge in [-0.25, -0.2) is 13.2 Å². The van der Waals surface area contributed by atoms with Gasteiger partial charge in [-0.2, -0.15) is 0 Å². The monoisotopic (exact) mass is 286 g/mol. The topological polar surface area (TPSA) is 15.3 Å². The van der Waals surface area contributed by atoms with E-state index < -0.39 is 17.5 Å². The fourth-order valence-corrected chi connectivity index (χ4v) is 2.79. The van der Waals surface area contributed by atoms with Crippen molar-refractivity contribution in [2.45, 2.75) is 32.7 Å². The van der Waals surface area contributed by atoms with E-state index in [1.165, 1.54) is 0 Å². The number of hydrogen-bond donors (Lipinski definition) is 1. The fourth-order valence-electron chi connectivity index (χ4n) is 2.79. The van der Waals surface area contributed by atoms with Crippen LogP contribution in [-0.4, -0.2) is 30.6 Å². The summed E-state index contributed by atoms with van der Waals surface area (Å²) in [7, 11) is 0. The van der Waals surface area contributed by atoms with Crippen LogP contribution < -0.4 is 5.32 Å². The van der Waals surface area contributed by atoms with E-state index in [4.69, 9.17) is 0 Å². The zero-order chi connectivity index (χ0) is 14.7. The van der Waals surface area contributed by atoms with Crippen LogP contribution in [0.3, 0.4) is 0 Å². The number of rotatable bonds is 4. The average Bonchev–Trinajstić information content (AvgIpc) is 2.44. The Morgan fingerprint density at radius 3 is 2.50 bits per heavy atom. The molecule has 0 amide bonds. The lowest BCUT2D eigenvalue weighted by Crippen LogP contribution is -2.39. The highest BCUT2D eigenvalue weighted by molar-refractivity contribution is 5.46. The minimum absolute atomic E-state index is 0.00953. The minimum Gasteiger partial charge on any atom is -0.380 e. The lowest BCUT2D eigenvalue weighted by Gasteiger charge is -2.34. The maximum Gasteiger partial charge on any atom is 0.182 e. The van der Waals surface area contributed by atoms with E-state index in [0.29, 0.717) is 12.0 Å². The third kappa shape index (κ3) is 3.45. The van der Waals surface area contributed by atoms with Crippen LogP contribution in [0.2, 0.25) is 0 Å². The molecule has 2 rings (SSSR count). The molecule has 1 aliphatic heterocycles. The number of nitrogens with zero attached hydrogens (tertiary/aromatic N) is 1. The molecule has 20 heavy (non-hydrogen) atoms. The molecule has 1 aliphatic rings. The average molecular weight is 286 g/mol. The van der Waals surface area contributed by atoms with Gasteiger partial charge in [0.25, 0.3) is 0 Å². The molecule has 0 bridgehead atoms. The number of hydrogen-bond acceptors (Lipinski definition) is 2. The van der Waals surface area contributed by atoms with Gasteiger partial charge >= 0.3 is 0 Å². The van der Waals surface area contributed by atoms with Crippen molar-refractivity contribution >= 4 is 5.69 Å². The first-order valence-electron chi connectivity index (χ1n) is 7.14. The second-order valence-corrected chi connectivity index (χ2v) is 5.45. The summed E-state index contributed by atoms with van der Waals surface area (Å²) < 4.78 is 39.9. The Kier molecular flexibility index (Phi) is 4.91. The maximum absolute atomic E-state index is 13.6. The van der Waals surface area contributed by atoms with Crippen molar-refractivity contribution in [1.29, 1.82) is 0 Å². The van der Waals surface area contributed by atoms with Crippen LogP contribution in [0.4, 0.5) is 18.9 Å². The van der Waals surface area contributed by atoms with Crippen molar-refractivity contribution in [3.63, 3.8) is 0 Å². The van der Waals surface area contributed by atoms with Gasteiger partial charge < -0.3 is 10.2 Å². The van der Waals surface area contributed by atoms with E-state index in [2.05, 4.69) is 17.1 Å². The molecule has 1 saturated heterocycles. The van der Waals surface area contributed by atoms with Crippen LogP contribution in [0.1, 0.15) is 26.7 Å². The molecule has 1 N–H and O–H groups in total. The van der Waals surface area contributed by atoms with Crippen molar-refractivity contribution in [2.75, 3.05) is 25.0 Å². The second-order valence-electron chi connectivity index (χ2n) is 5.45. The van der Waals surface area contributed by atoms with E-state index in [1.54, 1.807) is 0 Å². The number of anilines is 1. The first-order valence-corrected chi connectivity index (χ1v) is 7.14. The molecule has 0 radical (unpaired) electrons. The van der Waals surface area contributed by atoms with Crippen molar-refractivity contribution in [1.82, 2.24) is 4.90 Å². The molecule has 0 saturated carbocycles. The Balaban J connectivity index is 2.00. The Morgan fingerprint density at radius 2 is 1.90 bits per heavy atom. The lowest BCUT2D eigenvalue weighted by molar-refractivity contribution is 0.183. The number of likely N-dealkylation sites (tertiary alicyclic amines) is 1. The van der Waals surface area contributed by atoms with Gasteiger partial charge in [-0.05, 0) is 45.3 Å². The standard InChI is InChI=1S/C15H21F3N2/c1-3-20-6-4-11(5-7-20)10(2)19-14-9-12(16)8-13(17)15(14)18/h8-11,19H,3-7H2,1-2H3. The smallest absolute Gasteiger partial charge is 0.182 e. The third-order valence-corrected chi connectivity index (χ3v) is 4.16. The summed E-state index contributed by atoms with van der Waals surface area (Å²) in [5, 5.41) is 2.92. The zero-order valence-corrected chi connectivity index (χ0v) is 11.9. The molecule has 1 aromatic rings. The fraction of sp³-hybridized carbons (Fsp3) is 0.600. The Hall–Kier alpha value is -1.23. The van der Waals surface area contributed by atoms with Crippen molar-refractivity contribution in [3.8, 4) is 0 Å². The van der Waals surface area contributed by atoms with Gasteiger partial charge in [0.1, 0.15) is 5.82 Å². The molecule has 0 aromatic heterocycles. The normalized spacial score (nSPS) is 19.1. The van der Waals surface area contributed by atoms with Crippen LogP contribution in [0.5, 0.6) is 0 Å². The summed E-state index contributed by atoms with van der Waals surface area (Å²) in [6.07, 6.45) is 2.03. The molecule has 5 heteroatoms. The zero-order valence-electron chi connectivity index (χ0n) is 11.9. The molecule has 1 heterocycles. The number of nitrogens with one attached hydrogen (secondary N) is 1. The highest BCUT2D eigenvalue weighted by Crippen LogP contribution is 2.25. The molecule has 1 fully saturated rings. The summed E-state index contributed by atoms with van der Waals surface area (Å²) >= 11 is 0. The predicted molar refractivity (Wildman–Crippen MR) is 74.2 cm³/mol. The predicted octanol–water partition coefficient (Wildman–Crippen LogP) is 3.64. The van der Waals surface area contributed by atoms with Crippen molar-refractivity contribution in [2.24, 2.45) is 5.92 Å². The number of benzene rings is 1. The Bertz CT molecular complexity index is 457. The Labute approximate surface area is 118 Å². The van der Waals surface area contributed by atoms with E-state index in [-0.39, 0.29) is 11.7 Å². The van der Waals surface area contributed by atoms with Crippen molar-refractivity contribution < 1.29 is 13.2 Å². The van der Waals surface area contributed by atoms with Crippen LogP contribution in [-0.2, 0) is 0 Å². The quantitative estimate of drug-likeness (QED) is 0.850. The van der Waals surface area contributed by atoms with E-state index >= 15 is 0 Å². The van der Waals surface area contributed by atoms with Gasteiger partial charge in [0.2, 0.25) is 0 Å². The first kappa shape index (κ1) is 15.2. The van der Waals surface area contributed by atoms with Gasteiger partial charge in [0, 0.05) is 18.2 Å². The SMILES string of the molecule is CCN1CCC(C(C)Nc2cc(F)cc(F)c2F)CC1. The van der Waals surface area contributed by atoms with Crippen LogP contribution >= 0.6 is 0 Å². The highest BCUT2D eigenvalue weighted by Gasteiger charge is 2.24. The molecule has 0 aliphatic carbocycles. The van der Waals surface area contributed by atoms with Gasteiger partial charge in [-0.3, -0.25) is 0 Å². The minimum atomic E-state index is -1.15. The lowest BCUT2D eigenvalue weighted by atomic mass is 9.90. The first-order chi connectivity index (χ1) is 9.51. The molecule has 1 unspecified atom stereocenters. The summed E-state index contributed by atoms with van der Waals surface area (Å²) in [6.45, 7) is 7.15. The van der Waals surface area contributed by atoms with E-state index in [9.17, 15) is 13.2 Å². The highest BCUT2D eigenvalue weighted by atomic mass is 19.2. The summed E-state index contributed by atoms with van der Waals surface area (Å²) in [4.78, 5) is 2.37. The molecular weight excluding hydrogens is 265 g/mol. The summed E-state index contributed by atoms with van der Waals surface area (Å²) in [5.74, 6) is -2.53. The molecule has 112 valence electrons. The molecule has 2 nitrogen and oxygen atoms in total. The molecule has 1 aromatic carbocycles. The van der Waals surface area contributed by atoms with Gasteiger partial charge in [-0.1, -0.05) is 6.92 Å². The maximum atomic E-state index is 13.6. The largest absolute Gasteiger partial charge is 0.380 e. The third-order valence-electron chi connectivity index (χ3n) is 4.16. The van der Waals surface area contributed by atoms with Gasteiger partial charge in [-0.15, -0.1) is 0 Å². The van der Waals surface area contributed by atoms with Gasteiger partial charge in [0.05, 0.1) is 5.69 Å². The van der Waals surface area contributed by atoms with E-state index in [0.717, 1.165) is 38.5 Å². The van der Waals surface area contributed by atoms with Gasteiger partial charge in [0.15, 0.2) is 11.6 Å². The Morgan fingerprint density at radius 1 is 1.25 bits per heavy atom.